The number of amides is 1. The number of benzene rings is 2. The zero-order valence-corrected chi connectivity index (χ0v) is 12.6. The molecule has 0 aliphatic rings. The van der Waals surface area contributed by atoms with Crippen molar-refractivity contribution in [1.29, 1.82) is 0 Å². The van der Waals surface area contributed by atoms with Crippen LogP contribution in [-0.4, -0.2) is 5.91 Å². The third-order valence-corrected chi connectivity index (χ3v) is 3.55. The summed E-state index contributed by atoms with van der Waals surface area (Å²) in [6, 6.07) is 13.5. The summed E-state index contributed by atoms with van der Waals surface area (Å²) in [5.74, 6) is -0.0759. The minimum atomic E-state index is -0.0759. The Morgan fingerprint density at radius 1 is 1.16 bits per heavy atom. The van der Waals surface area contributed by atoms with Gasteiger partial charge < -0.3 is 5.32 Å². The molecular formula is C16H16BrNO. The molecule has 98 valence electrons. The van der Waals surface area contributed by atoms with Gasteiger partial charge in [-0.25, -0.2) is 0 Å². The van der Waals surface area contributed by atoms with E-state index in [4.69, 9.17) is 0 Å². The summed E-state index contributed by atoms with van der Waals surface area (Å²) in [7, 11) is 0. The predicted molar refractivity (Wildman–Crippen MR) is 82.7 cm³/mol. The molecule has 0 heterocycles. The third kappa shape index (κ3) is 3.44. The van der Waals surface area contributed by atoms with Gasteiger partial charge in [0.05, 0.1) is 0 Å². The zero-order chi connectivity index (χ0) is 13.8. The van der Waals surface area contributed by atoms with Gasteiger partial charge in [0.15, 0.2) is 0 Å². The van der Waals surface area contributed by atoms with Gasteiger partial charge in [-0.05, 0) is 54.8 Å². The second-order valence-electron chi connectivity index (χ2n) is 4.46. The molecule has 3 heteroatoms. The first-order chi connectivity index (χ1) is 9.10. The van der Waals surface area contributed by atoms with Gasteiger partial charge in [0, 0.05) is 15.7 Å². The molecule has 0 spiro atoms. The summed E-state index contributed by atoms with van der Waals surface area (Å²) < 4.78 is 1.01. The average Bonchev–Trinajstić information content (AvgIpc) is 2.42. The predicted octanol–water partition coefficient (Wildman–Crippen LogP) is 4.57. The first-order valence-corrected chi connectivity index (χ1v) is 7.06. The smallest absolute Gasteiger partial charge is 0.255 e. The Labute approximate surface area is 122 Å². The second kappa shape index (κ2) is 6.02. The van der Waals surface area contributed by atoms with Crippen molar-refractivity contribution in [1.82, 2.24) is 0 Å². The first-order valence-electron chi connectivity index (χ1n) is 6.26. The number of nitrogens with one attached hydrogen (secondary N) is 1. The van der Waals surface area contributed by atoms with Gasteiger partial charge in [-0.15, -0.1) is 0 Å². The Hall–Kier alpha value is -1.61. The molecule has 1 amide bonds. The quantitative estimate of drug-likeness (QED) is 0.882. The average molecular weight is 318 g/mol. The van der Waals surface area contributed by atoms with Crippen LogP contribution in [0.5, 0.6) is 0 Å². The highest BCUT2D eigenvalue weighted by atomic mass is 79.9. The minimum Gasteiger partial charge on any atom is -0.322 e. The molecular weight excluding hydrogens is 302 g/mol. The van der Waals surface area contributed by atoms with Crippen molar-refractivity contribution in [3.8, 4) is 0 Å². The van der Waals surface area contributed by atoms with E-state index in [1.807, 2.05) is 49.4 Å². The van der Waals surface area contributed by atoms with Gasteiger partial charge >= 0.3 is 0 Å². The van der Waals surface area contributed by atoms with Crippen molar-refractivity contribution in [2.45, 2.75) is 20.3 Å². The van der Waals surface area contributed by atoms with E-state index >= 15 is 0 Å². The molecule has 2 rings (SSSR count). The SMILES string of the molecule is CCc1ccc(C(=O)Nc2ccc(Br)cc2C)cc1. The minimum absolute atomic E-state index is 0.0759. The normalized spacial score (nSPS) is 10.3. The van der Waals surface area contributed by atoms with Crippen LogP contribution < -0.4 is 5.32 Å². The van der Waals surface area contributed by atoms with E-state index in [1.165, 1.54) is 5.56 Å². The Morgan fingerprint density at radius 2 is 1.84 bits per heavy atom. The van der Waals surface area contributed by atoms with E-state index in [0.717, 1.165) is 22.1 Å². The number of halogens is 1. The molecule has 2 aromatic rings. The first kappa shape index (κ1) is 13.8. The highest BCUT2D eigenvalue weighted by molar-refractivity contribution is 9.10. The molecule has 0 unspecified atom stereocenters. The van der Waals surface area contributed by atoms with Gasteiger partial charge in [-0.2, -0.15) is 0 Å². The van der Waals surface area contributed by atoms with Crippen LogP contribution in [-0.2, 0) is 6.42 Å². The lowest BCUT2D eigenvalue weighted by Crippen LogP contribution is -2.12. The van der Waals surface area contributed by atoms with Crippen LogP contribution in [0, 0.1) is 6.92 Å². The number of anilines is 1. The maximum atomic E-state index is 12.1. The fourth-order valence-corrected chi connectivity index (χ4v) is 2.33. The molecule has 0 saturated heterocycles. The lowest BCUT2D eigenvalue weighted by atomic mass is 10.1. The molecule has 0 aromatic heterocycles. The van der Waals surface area contributed by atoms with Crippen LogP contribution in [0.4, 0.5) is 5.69 Å². The topological polar surface area (TPSA) is 29.1 Å². The van der Waals surface area contributed by atoms with Gasteiger partial charge in [-0.3, -0.25) is 4.79 Å². The molecule has 2 aromatic carbocycles. The number of rotatable bonds is 3. The van der Waals surface area contributed by atoms with E-state index in [1.54, 1.807) is 0 Å². The molecule has 0 aliphatic heterocycles. The Kier molecular flexibility index (Phi) is 4.38. The summed E-state index contributed by atoms with van der Waals surface area (Å²) in [6.07, 6.45) is 0.980. The fourth-order valence-electron chi connectivity index (χ4n) is 1.85. The van der Waals surface area contributed by atoms with Gasteiger partial charge in [-0.1, -0.05) is 35.0 Å². The summed E-state index contributed by atoms with van der Waals surface area (Å²) in [4.78, 5) is 12.1. The van der Waals surface area contributed by atoms with Crippen molar-refractivity contribution in [2.75, 3.05) is 5.32 Å². The standard InChI is InChI=1S/C16H16BrNO/c1-3-12-4-6-13(7-5-12)16(19)18-15-9-8-14(17)10-11(15)2/h4-10H,3H2,1-2H3,(H,18,19). The molecule has 0 fully saturated rings. The number of hydrogen-bond donors (Lipinski definition) is 1. The van der Waals surface area contributed by atoms with Crippen molar-refractivity contribution in [2.24, 2.45) is 0 Å². The molecule has 1 N–H and O–H groups in total. The van der Waals surface area contributed by atoms with Gasteiger partial charge in [0.25, 0.3) is 5.91 Å². The number of hydrogen-bond acceptors (Lipinski definition) is 1. The maximum absolute atomic E-state index is 12.1. The van der Waals surface area contributed by atoms with Crippen LogP contribution in [0.25, 0.3) is 0 Å². The maximum Gasteiger partial charge on any atom is 0.255 e. The molecule has 0 aliphatic carbocycles. The largest absolute Gasteiger partial charge is 0.322 e. The van der Waals surface area contributed by atoms with Crippen molar-refractivity contribution >= 4 is 27.5 Å². The summed E-state index contributed by atoms with van der Waals surface area (Å²) in [5, 5.41) is 2.93. The molecule has 19 heavy (non-hydrogen) atoms. The lowest BCUT2D eigenvalue weighted by molar-refractivity contribution is 0.102. The molecule has 2 nitrogen and oxygen atoms in total. The van der Waals surface area contributed by atoms with E-state index < -0.39 is 0 Å². The second-order valence-corrected chi connectivity index (χ2v) is 5.38. The van der Waals surface area contributed by atoms with E-state index in [0.29, 0.717) is 5.56 Å². The van der Waals surface area contributed by atoms with Crippen LogP contribution in [0.3, 0.4) is 0 Å². The van der Waals surface area contributed by atoms with E-state index in [2.05, 4.69) is 28.2 Å². The summed E-state index contributed by atoms with van der Waals surface area (Å²) in [6.45, 7) is 4.07. The highest BCUT2D eigenvalue weighted by Gasteiger charge is 2.07. The van der Waals surface area contributed by atoms with Crippen molar-refractivity contribution < 1.29 is 4.79 Å². The molecule has 0 atom stereocenters. The van der Waals surface area contributed by atoms with Gasteiger partial charge in [0.2, 0.25) is 0 Å². The van der Waals surface area contributed by atoms with E-state index in [-0.39, 0.29) is 5.91 Å². The van der Waals surface area contributed by atoms with Gasteiger partial charge in [0.1, 0.15) is 0 Å². The zero-order valence-electron chi connectivity index (χ0n) is 11.0. The number of carbonyl (C=O) groups excluding carboxylic acids is 1. The summed E-state index contributed by atoms with van der Waals surface area (Å²) >= 11 is 3.41. The van der Waals surface area contributed by atoms with E-state index in [9.17, 15) is 4.79 Å². The number of carbonyl (C=O) groups is 1. The van der Waals surface area contributed by atoms with Crippen LogP contribution >= 0.6 is 15.9 Å². The fraction of sp³-hybridized carbons (Fsp3) is 0.188. The Balaban J connectivity index is 2.15. The Bertz CT molecular complexity index is 590. The Morgan fingerprint density at radius 3 is 2.42 bits per heavy atom. The van der Waals surface area contributed by atoms with Crippen molar-refractivity contribution in [3.63, 3.8) is 0 Å². The highest BCUT2D eigenvalue weighted by Crippen LogP contribution is 2.20. The molecule has 0 radical (unpaired) electrons. The lowest BCUT2D eigenvalue weighted by Gasteiger charge is -2.09. The van der Waals surface area contributed by atoms with Crippen LogP contribution in [0.15, 0.2) is 46.9 Å². The van der Waals surface area contributed by atoms with Crippen molar-refractivity contribution in [3.05, 3.63) is 63.6 Å². The van der Waals surface area contributed by atoms with Crippen LogP contribution in [0.1, 0.15) is 28.4 Å². The summed E-state index contributed by atoms with van der Waals surface area (Å²) in [5.41, 5.74) is 3.79. The number of aryl methyl sites for hydroxylation is 2. The molecule has 0 bridgehead atoms. The monoisotopic (exact) mass is 317 g/mol. The third-order valence-electron chi connectivity index (χ3n) is 3.06. The van der Waals surface area contributed by atoms with Crippen LogP contribution in [0.2, 0.25) is 0 Å². The molecule has 0 saturated carbocycles.